The van der Waals surface area contributed by atoms with Gasteiger partial charge in [0.05, 0.1) is 20.8 Å². The van der Waals surface area contributed by atoms with Crippen LogP contribution in [-0.4, -0.2) is 61.9 Å². The van der Waals surface area contributed by atoms with Gasteiger partial charge in [-0.2, -0.15) is 0 Å². The zero-order valence-electron chi connectivity index (χ0n) is 15.2. The van der Waals surface area contributed by atoms with Gasteiger partial charge in [0, 0.05) is 38.5 Å². The van der Waals surface area contributed by atoms with Crippen molar-refractivity contribution in [1.82, 2.24) is 9.80 Å². The summed E-state index contributed by atoms with van der Waals surface area (Å²) >= 11 is 0. The molecule has 0 N–H and O–H groups in total. The lowest BCUT2D eigenvalue weighted by Crippen LogP contribution is -2.50. The number of benzene rings is 1. The number of piperidine rings is 1. The van der Waals surface area contributed by atoms with Crippen LogP contribution in [0.4, 0.5) is 4.79 Å². The second kappa shape index (κ2) is 6.09. The molecule has 6 heteroatoms. The molecule has 6 nitrogen and oxygen atoms in total. The molecule has 0 aliphatic carbocycles. The summed E-state index contributed by atoms with van der Waals surface area (Å²) in [5, 5.41) is 0. The van der Waals surface area contributed by atoms with Crippen molar-refractivity contribution in [3.05, 3.63) is 23.3 Å². The Labute approximate surface area is 148 Å². The van der Waals surface area contributed by atoms with Gasteiger partial charge in [-0.3, -0.25) is 4.90 Å². The Morgan fingerprint density at radius 2 is 2.00 bits per heavy atom. The Morgan fingerprint density at radius 3 is 2.68 bits per heavy atom. The Hall–Kier alpha value is -1.95. The molecule has 1 spiro atoms. The smallest absolute Gasteiger partial charge is 0.410 e. The molecule has 0 radical (unpaired) electrons. The second-order valence-corrected chi connectivity index (χ2v) is 7.23. The maximum Gasteiger partial charge on any atom is 0.410 e. The van der Waals surface area contributed by atoms with E-state index in [-0.39, 0.29) is 17.7 Å². The van der Waals surface area contributed by atoms with Crippen molar-refractivity contribution in [3.63, 3.8) is 0 Å². The number of rotatable bonds is 3. The van der Waals surface area contributed by atoms with Crippen LogP contribution in [0.1, 0.15) is 36.9 Å². The fraction of sp³-hybridized carbons (Fsp3) is 0.632. The van der Waals surface area contributed by atoms with Crippen LogP contribution >= 0.6 is 0 Å². The zero-order valence-corrected chi connectivity index (χ0v) is 15.2. The van der Waals surface area contributed by atoms with E-state index in [1.54, 1.807) is 14.2 Å². The minimum Gasteiger partial charge on any atom is -0.493 e. The minimum absolute atomic E-state index is 0.167. The molecule has 3 aliphatic heterocycles. The second-order valence-electron chi connectivity index (χ2n) is 7.23. The number of methoxy groups -OCH3 is 2. The van der Waals surface area contributed by atoms with E-state index in [1.165, 1.54) is 11.1 Å². The predicted octanol–water partition coefficient (Wildman–Crippen LogP) is 2.61. The zero-order chi connectivity index (χ0) is 17.6. The van der Waals surface area contributed by atoms with E-state index in [0.29, 0.717) is 13.1 Å². The number of fused-ring (bicyclic) bond motifs is 3. The first kappa shape index (κ1) is 16.5. The molecule has 2 fully saturated rings. The molecule has 0 unspecified atom stereocenters. The Bertz CT molecular complexity index is 692. The van der Waals surface area contributed by atoms with Gasteiger partial charge >= 0.3 is 6.09 Å². The molecular formula is C19H26N2O4. The fourth-order valence-electron chi connectivity index (χ4n) is 4.56. The molecule has 3 heterocycles. The van der Waals surface area contributed by atoms with Crippen LogP contribution in [0, 0.1) is 0 Å². The molecule has 4 rings (SSSR count). The highest BCUT2D eigenvalue weighted by Gasteiger charge is 2.50. The standard InChI is InChI=1S/C19H26N2O4/c1-4-20-12-19(25-18(20)22)6-8-21-7-5-13-9-16(23-2)17(24-3)10-14(13)15(21)11-19/h9-10,15H,4-8,11-12H2,1-3H3/t15-,19-/m0/s1. The van der Waals surface area contributed by atoms with Crippen LogP contribution in [0.3, 0.4) is 0 Å². The quantitative estimate of drug-likeness (QED) is 0.842. The van der Waals surface area contributed by atoms with Crippen molar-refractivity contribution in [2.75, 3.05) is 40.4 Å². The molecule has 3 aliphatic rings. The van der Waals surface area contributed by atoms with Gasteiger partial charge in [0.1, 0.15) is 5.60 Å². The number of carbonyl (C=O) groups excluding carboxylic acids is 1. The van der Waals surface area contributed by atoms with Gasteiger partial charge in [0.25, 0.3) is 0 Å². The van der Waals surface area contributed by atoms with E-state index < -0.39 is 0 Å². The van der Waals surface area contributed by atoms with E-state index in [2.05, 4.69) is 17.0 Å². The molecule has 0 aromatic heterocycles. The molecule has 1 aromatic carbocycles. The van der Waals surface area contributed by atoms with Crippen molar-refractivity contribution in [2.24, 2.45) is 0 Å². The van der Waals surface area contributed by atoms with E-state index in [9.17, 15) is 4.79 Å². The average molecular weight is 346 g/mol. The van der Waals surface area contributed by atoms with Crippen molar-refractivity contribution in [2.45, 2.75) is 37.8 Å². The average Bonchev–Trinajstić information content (AvgIpc) is 2.95. The third-order valence-corrected chi connectivity index (χ3v) is 5.96. The monoisotopic (exact) mass is 346 g/mol. The first-order valence-electron chi connectivity index (χ1n) is 9.06. The number of ether oxygens (including phenoxy) is 3. The molecular weight excluding hydrogens is 320 g/mol. The lowest BCUT2D eigenvalue weighted by Gasteiger charge is -2.46. The van der Waals surface area contributed by atoms with Crippen molar-refractivity contribution in [3.8, 4) is 11.5 Å². The Morgan fingerprint density at radius 1 is 1.24 bits per heavy atom. The molecule has 136 valence electrons. The lowest BCUT2D eigenvalue weighted by atomic mass is 9.79. The first-order chi connectivity index (χ1) is 12.1. The van der Waals surface area contributed by atoms with Crippen LogP contribution in [0.25, 0.3) is 0 Å². The van der Waals surface area contributed by atoms with Gasteiger partial charge < -0.3 is 19.1 Å². The number of nitrogens with zero attached hydrogens (tertiary/aromatic N) is 2. The van der Waals surface area contributed by atoms with Crippen molar-refractivity contribution < 1.29 is 19.0 Å². The third kappa shape index (κ3) is 2.63. The summed E-state index contributed by atoms with van der Waals surface area (Å²) in [6, 6.07) is 4.48. The molecule has 2 saturated heterocycles. The summed E-state index contributed by atoms with van der Waals surface area (Å²) in [6.07, 6.45) is 2.60. The number of carbonyl (C=O) groups is 1. The third-order valence-electron chi connectivity index (χ3n) is 5.96. The summed E-state index contributed by atoms with van der Waals surface area (Å²) in [5.41, 5.74) is 2.25. The van der Waals surface area contributed by atoms with Crippen LogP contribution in [0.15, 0.2) is 12.1 Å². The van der Waals surface area contributed by atoms with E-state index in [4.69, 9.17) is 14.2 Å². The largest absolute Gasteiger partial charge is 0.493 e. The number of hydrogen-bond acceptors (Lipinski definition) is 5. The highest BCUT2D eigenvalue weighted by atomic mass is 16.6. The van der Waals surface area contributed by atoms with Gasteiger partial charge in [-0.25, -0.2) is 4.79 Å². The van der Waals surface area contributed by atoms with Crippen LogP contribution in [0.2, 0.25) is 0 Å². The summed E-state index contributed by atoms with van der Waals surface area (Å²) in [7, 11) is 3.34. The molecule has 25 heavy (non-hydrogen) atoms. The maximum atomic E-state index is 12.1. The van der Waals surface area contributed by atoms with Gasteiger partial charge in [-0.15, -0.1) is 0 Å². The topological polar surface area (TPSA) is 51.2 Å². The highest BCUT2D eigenvalue weighted by molar-refractivity contribution is 5.70. The van der Waals surface area contributed by atoms with Crippen molar-refractivity contribution >= 4 is 6.09 Å². The summed E-state index contributed by atoms with van der Waals surface area (Å²) < 4.78 is 16.8. The fourth-order valence-corrected chi connectivity index (χ4v) is 4.56. The van der Waals surface area contributed by atoms with Crippen LogP contribution in [0.5, 0.6) is 11.5 Å². The molecule has 2 atom stereocenters. The van der Waals surface area contributed by atoms with Crippen LogP contribution < -0.4 is 9.47 Å². The van der Waals surface area contributed by atoms with Gasteiger partial charge in [-0.1, -0.05) is 0 Å². The summed E-state index contributed by atoms with van der Waals surface area (Å²) in [4.78, 5) is 16.5. The highest BCUT2D eigenvalue weighted by Crippen LogP contribution is 2.46. The van der Waals surface area contributed by atoms with Gasteiger partial charge in [0.2, 0.25) is 0 Å². The van der Waals surface area contributed by atoms with Gasteiger partial charge in [0.15, 0.2) is 11.5 Å². The molecule has 0 saturated carbocycles. The summed E-state index contributed by atoms with van der Waals surface area (Å²) in [5.74, 6) is 1.55. The number of likely N-dealkylation sites (N-methyl/N-ethyl adjacent to an activating group) is 1. The Balaban J connectivity index is 1.67. The van der Waals surface area contributed by atoms with Crippen molar-refractivity contribution in [1.29, 1.82) is 0 Å². The normalized spacial score (nSPS) is 28.5. The number of hydrogen-bond donors (Lipinski definition) is 0. The maximum absolute atomic E-state index is 12.1. The molecule has 0 bridgehead atoms. The SMILES string of the molecule is CCN1C[C@@]2(CCN3CCc4cc(OC)c(OC)cc4[C@@H]3C2)OC1=O. The Kier molecular flexibility index (Phi) is 4.02. The van der Waals surface area contributed by atoms with Gasteiger partial charge in [-0.05, 0) is 36.6 Å². The lowest BCUT2D eigenvalue weighted by molar-refractivity contribution is -0.0300. The predicted molar refractivity (Wildman–Crippen MR) is 93.3 cm³/mol. The summed E-state index contributed by atoms with van der Waals surface area (Å²) in [6.45, 7) is 5.41. The van der Waals surface area contributed by atoms with E-state index in [1.807, 2.05) is 11.8 Å². The van der Waals surface area contributed by atoms with Crippen LogP contribution in [-0.2, 0) is 11.2 Å². The number of amides is 1. The minimum atomic E-state index is -0.351. The molecule has 1 aromatic rings. The first-order valence-corrected chi connectivity index (χ1v) is 9.06. The molecule has 1 amide bonds. The van der Waals surface area contributed by atoms with E-state index >= 15 is 0 Å². The van der Waals surface area contributed by atoms with E-state index in [0.717, 1.165) is 43.9 Å².